The minimum absolute atomic E-state index is 0.241. The molecule has 2 aromatic heterocycles. The van der Waals surface area contributed by atoms with Gasteiger partial charge < -0.3 is 14.9 Å². The number of pyridine rings is 2. The number of anilines is 1. The van der Waals surface area contributed by atoms with Gasteiger partial charge in [0, 0.05) is 18.0 Å². The van der Waals surface area contributed by atoms with Gasteiger partial charge in [-0.1, -0.05) is 25.3 Å². The Kier molecular flexibility index (Phi) is 8.16. The summed E-state index contributed by atoms with van der Waals surface area (Å²) >= 11 is 0. The predicted molar refractivity (Wildman–Crippen MR) is 125 cm³/mol. The van der Waals surface area contributed by atoms with Gasteiger partial charge in [0.05, 0.1) is 23.7 Å². The van der Waals surface area contributed by atoms with E-state index >= 15 is 0 Å². The number of methoxy groups -OCH3 is 1. The van der Waals surface area contributed by atoms with Crippen LogP contribution in [-0.4, -0.2) is 39.0 Å². The number of aliphatic hydroxyl groups is 1. The largest absolute Gasteiger partial charge is 0.481 e. The summed E-state index contributed by atoms with van der Waals surface area (Å²) in [6, 6.07) is 9.92. The molecule has 1 saturated carbocycles. The molecule has 0 spiro atoms. The van der Waals surface area contributed by atoms with Crippen molar-refractivity contribution in [2.45, 2.75) is 57.5 Å². The number of benzene rings is 1. The summed E-state index contributed by atoms with van der Waals surface area (Å²) in [5, 5.41) is 21.0. The molecule has 8 heteroatoms. The molecule has 1 aromatic carbocycles. The van der Waals surface area contributed by atoms with Crippen molar-refractivity contribution in [3.63, 3.8) is 0 Å². The molecule has 1 fully saturated rings. The second kappa shape index (κ2) is 11.0. The van der Waals surface area contributed by atoms with E-state index in [0.29, 0.717) is 11.4 Å². The van der Waals surface area contributed by atoms with Gasteiger partial charge in [-0.05, 0) is 68.0 Å². The van der Waals surface area contributed by atoms with Crippen LogP contribution >= 0.6 is 0 Å². The van der Waals surface area contributed by atoms with E-state index in [4.69, 9.17) is 9.84 Å². The summed E-state index contributed by atoms with van der Waals surface area (Å²) in [5.41, 5.74) is 3.14. The van der Waals surface area contributed by atoms with Crippen LogP contribution in [0.3, 0.4) is 0 Å². The Balaban J connectivity index is 0.000000218. The van der Waals surface area contributed by atoms with Crippen molar-refractivity contribution in [3.05, 3.63) is 59.5 Å². The first-order valence-electron chi connectivity index (χ1n) is 11.1. The quantitative estimate of drug-likeness (QED) is 0.470. The molecule has 2 heterocycles. The van der Waals surface area contributed by atoms with Crippen LogP contribution in [0.2, 0.25) is 0 Å². The monoisotopic (exact) mass is 455 g/mol. The summed E-state index contributed by atoms with van der Waals surface area (Å²) < 4.78 is 18.0. The second-order valence-electron chi connectivity index (χ2n) is 8.37. The van der Waals surface area contributed by atoms with E-state index in [1.165, 1.54) is 18.6 Å². The Hall–Kier alpha value is -3.26. The van der Waals surface area contributed by atoms with Gasteiger partial charge in [0.2, 0.25) is 5.88 Å². The molecule has 0 atom stereocenters. The summed E-state index contributed by atoms with van der Waals surface area (Å²) in [5.74, 6) is 0.189. The summed E-state index contributed by atoms with van der Waals surface area (Å²) in [4.78, 5) is 19.0. The van der Waals surface area contributed by atoms with Gasteiger partial charge in [-0.25, -0.2) is 14.2 Å². The van der Waals surface area contributed by atoms with Crippen molar-refractivity contribution in [2.24, 2.45) is 0 Å². The fourth-order valence-electron chi connectivity index (χ4n) is 4.00. The maximum Gasteiger partial charge on any atom is 0.409 e. The maximum atomic E-state index is 12.8. The zero-order valence-electron chi connectivity index (χ0n) is 19.0. The van der Waals surface area contributed by atoms with E-state index in [9.17, 15) is 14.3 Å². The number of hydrogen-bond donors (Lipinski definition) is 3. The average Bonchev–Trinajstić information content (AvgIpc) is 2.80. The molecule has 0 bridgehead atoms. The number of ether oxygens (including phenoxy) is 1. The summed E-state index contributed by atoms with van der Waals surface area (Å²) in [7, 11) is 1.62. The van der Waals surface area contributed by atoms with Crippen molar-refractivity contribution < 1.29 is 24.1 Å². The highest BCUT2D eigenvalue weighted by atomic mass is 19.1. The SMILES string of the molecule is COc1ccc2nccc(CCC3(O)CCCCC3)c2n1.Cc1ccc(NC(=O)O)cc1F. The molecule has 4 rings (SSSR count). The van der Waals surface area contributed by atoms with Crippen LogP contribution in [0.1, 0.15) is 49.7 Å². The molecular formula is C25H30FN3O4. The first kappa shape index (κ1) is 24.4. The molecule has 0 saturated heterocycles. The van der Waals surface area contributed by atoms with Crippen molar-refractivity contribution in [3.8, 4) is 5.88 Å². The number of hydrogen-bond acceptors (Lipinski definition) is 5. The fraction of sp³-hybridized carbons (Fsp3) is 0.400. The highest BCUT2D eigenvalue weighted by Crippen LogP contribution is 2.32. The number of nitrogens with one attached hydrogen (secondary N) is 1. The topological polar surface area (TPSA) is 105 Å². The van der Waals surface area contributed by atoms with Gasteiger partial charge in [-0.3, -0.25) is 10.3 Å². The van der Waals surface area contributed by atoms with Crippen molar-refractivity contribution in [1.82, 2.24) is 9.97 Å². The number of nitrogens with zero attached hydrogens (tertiary/aromatic N) is 2. The highest BCUT2D eigenvalue weighted by molar-refractivity contribution is 5.82. The van der Waals surface area contributed by atoms with E-state index in [2.05, 4.69) is 9.97 Å². The van der Waals surface area contributed by atoms with E-state index in [1.54, 1.807) is 14.0 Å². The first-order valence-corrected chi connectivity index (χ1v) is 11.1. The van der Waals surface area contributed by atoms with Crippen molar-refractivity contribution in [1.29, 1.82) is 0 Å². The molecule has 0 unspecified atom stereocenters. The molecule has 1 aliphatic carbocycles. The minimum atomic E-state index is -1.20. The third-order valence-electron chi connectivity index (χ3n) is 5.92. The number of aryl methyl sites for hydroxylation is 2. The fourth-order valence-corrected chi connectivity index (χ4v) is 4.00. The molecule has 1 amide bonds. The normalized spacial score (nSPS) is 14.8. The molecule has 0 radical (unpaired) electrons. The maximum absolute atomic E-state index is 12.8. The van der Waals surface area contributed by atoms with Crippen LogP contribution < -0.4 is 10.1 Å². The number of carboxylic acid groups (broad SMARTS) is 1. The minimum Gasteiger partial charge on any atom is -0.481 e. The molecule has 3 N–H and O–H groups in total. The zero-order valence-corrected chi connectivity index (χ0v) is 19.0. The number of aromatic nitrogens is 2. The van der Waals surface area contributed by atoms with Gasteiger partial charge in [0.1, 0.15) is 5.82 Å². The van der Waals surface area contributed by atoms with E-state index in [1.807, 2.05) is 29.7 Å². The molecular weight excluding hydrogens is 425 g/mol. The lowest BCUT2D eigenvalue weighted by Gasteiger charge is -2.32. The van der Waals surface area contributed by atoms with Crippen LogP contribution in [-0.2, 0) is 6.42 Å². The standard InChI is InChI=1S/C17H22N2O2.C8H8FNO2/c1-21-15-6-5-14-16(19-15)13(8-12-18-14)7-11-17(20)9-3-2-4-10-17;1-5-2-3-6(4-7(5)9)10-8(11)12/h5-6,8,12,20H,2-4,7,9-11H2,1H3;2-4,10H,1H3,(H,11,12). The Morgan fingerprint density at radius 3 is 2.61 bits per heavy atom. The van der Waals surface area contributed by atoms with Gasteiger partial charge in [0.25, 0.3) is 0 Å². The third kappa shape index (κ3) is 6.86. The number of carbonyl (C=O) groups is 1. The van der Waals surface area contributed by atoms with Crippen LogP contribution in [0, 0.1) is 12.7 Å². The smallest absolute Gasteiger partial charge is 0.409 e. The molecule has 1 aliphatic rings. The van der Waals surface area contributed by atoms with E-state index in [0.717, 1.165) is 61.2 Å². The number of amides is 1. The lowest BCUT2D eigenvalue weighted by molar-refractivity contribution is -0.00336. The van der Waals surface area contributed by atoms with Gasteiger partial charge in [0.15, 0.2) is 0 Å². The van der Waals surface area contributed by atoms with Gasteiger partial charge in [-0.15, -0.1) is 0 Å². The van der Waals surface area contributed by atoms with Gasteiger partial charge >= 0.3 is 6.09 Å². The van der Waals surface area contributed by atoms with Gasteiger partial charge in [-0.2, -0.15) is 0 Å². The molecule has 33 heavy (non-hydrogen) atoms. The Morgan fingerprint density at radius 2 is 1.94 bits per heavy atom. The third-order valence-corrected chi connectivity index (χ3v) is 5.92. The molecule has 7 nitrogen and oxygen atoms in total. The summed E-state index contributed by atoms with van der Waals surface area (Å²) in [6.45, 7) is 1.61. The number of fused-ring (bicyclic) bond motifs is 1. The zero-order chi connectivity index (χ0) is 23.8. The van der Waals surface area contributed by atoms with E-state index in [-0.39, 0.29) is 5.69 Å². The van der Waals surface area contributed by atoms with Crippen molar-refractivity contribution >= 4 is 22.8 Å². The average molecular weight is 456 g/mol. The molecule has 176 valence electrons. The van der Waals surface area contributed by atoms with E-state index < -0.39 is 17.5 Å². The molecule has 0 aliphatic heterocycles. The van der Waals surface area contributed by atoms with Crippen LogP contribution in [0.25, 0.3) is 11.0 Å². The Morgan fingerprint density at radius 1 is 1.18 bits per heavy atom. The summed E-state index contributed by atoms with van der Waals surface area (Å²) in [6.07, 6.45) is 7.62. The first-order chi connectivity index (χ1) is 15.8. The Labute approximate surface area is 192 Å². The Bertz CT molecular complexity index is 1100. The number of halogens is 1. The lowest BCUT2D eigenvalue weighted by Crippen LogP contribution is -2.31. The highest BCUT2D eigenvalue weighted by Gasteiger charge is 2.28. The number of rotatable bonds is 5. The van der Waals surface area contributed by atoms with Crippen LogP contribution in [0.5, 0.6) is 5.88 Å². The lowest BCUT2D eigenvalue weighted by atomic mass is 9.81. The predicted octanol–water partition coefficient (Wildman–Crippen LogP) is 5.49. The van der Waals surface area contributed by atoms with Crippen LogP contribution in [0.4, 0.5) is 14.9 Å². The molecule has 3 aromatic rings. The second-order valence-corrected chi connectivity index (χ2v) is 8.37. The van der Waals surface area contributed by atoms with Crippen molar-refractivity contribution in [2.75, 3.05) is 12.4 Å². The van der Waals surface area contributed by atoms with Crippen LogP contribution in [0.15, 0.2) is 42.6 Å².